The van der Waals surface area contributed by atoms with Gasteiger partial charge in [0.25, 0.3) is 0 Å². The van der Waals surface area contributed by atoms with Crippen molar-refractivity contribution in [2.75, 3.05) is 0 Å². The number of fused-ring (bicyclic) bond motifs is 1. The summed E-state index contributed by atoms with van der Waals surface area (Å²) in [4.78, 5) is 11.0. The summed E-state index contributed by atoms with van der Waals surface area (Å²) in [5.41, 5.74) is 4.23. The van der Waals surface area contributed by atoms with E-state index >= 15 is 0 Å². The number of aliphatic carboxylic acids is 1. The Balaban J connectivity index is 2.14. The van der Waals surface area contributed by atoms with Gasteiger partial charge in [0, 0.05) is 5.39 Å². The third-order valence-electron chi connectivity index (χ3n) is 3.38. The van der Waals surface area contributed by atoms with Gasteiger partial charge >= 0.3 is 5.97 Å². The molecular formula is C16H13IN2O2. The van der Waals surface area contributed by atoms with Crippen LogP contribution < -0.4 is 0 Å². The molecule has 0 unspecified atom stereocenters. The Morgan fingerprint density at radius 3 is 2.52 bits per heavy atom. The second-order valence-electron chi connectivity index (χ2n) is 4.94. The van der Waals surface area contributed by atoms with Crippen LogP contribution in [0.15, 0.2) is 42.5 Å². The van der Waals surface area contributed by atoms with Crippen LogP contribution in [0, 0.1) is 10.6 Å². The minimum Gasteiger partial charge on any atom is -0.480 e. The van der Waals surface area contributed by atoms with Crippen LogP contribution in [0.4, 0.5) is 0 Å². The summed E-state index contributed by atoms with van der Waals surface area (Å²) in [7, 11) is 0. The first-order valence-electron chi connectivity index (χ1n) is 6.49. The van der Waals surface area contributed by atoms with Crippen LogP contribution in [-0.2, 0) is 11.3 Å². The highest BCUT2D eigenvalue weighted by atomic mass is 127. The topological polar surface area (TPSA) is 55.1 Å². The van der Waals surface area contributed by atoms with E-state index in [0.717, 1.165) is 25.7 Å². The molecule has 0 spiro atoms. The molecule has 0 saturated carbocycles. The van der Waals surface area contributed by atoms with Crippen LogP contribution in [0.1, 0.15) is 5.56 Å². The van der Waals surface area contributed by atoms with Crippen LogP contribution in [0.2, 0.25) is 0 Å². The molecule has 4 nitrogen and oxygen atoms in total. The maximum Gasteiger partial charge on any atom is 0.325 e. The number of carboxylic acid groups (broad SMARTS) is 1. The lowest BCUT2D eigenvalue weighted by Crippen LogP contribution is -2.09. The quantitative estimate of drug-likeness (QED) is 0.692. The highest BCUT2D eigenvalue weighted by molar-refractivity contribution is 14.1. The number of aryl methyl sites for hydroxylation is 1. The van der Waals surface area contributed by atoms with Gasteiger partial charge in [-0.2, -0.15) is 5.10 Å². The normalized spacial score (nSPS) is 11.0. The molecule has 2 aromatic carbocycles. The molecule has 0 bridgehead atoms. The first kappa shape index (κ1) is 14.1. The van der Waals surface area contributed by atoms with Crippen LogP contribution in [0.5, 0.6) is 0 Å². The van der Waals surface area contributed by atoms with Gasteiger partial charge in [-0.1, -0.05) is 35.9 Å². The third-order valence-corrected chi connectivity index (χ3v) is 4.17. The van der Waals surface area contributed by atoms with Crippen molar-refractivity contribution in [1.29, 1.82) is 0 Å². The summed E-state index contributed by atoms with van der Waals surface area (Å²) in [5, 5.41) is 14.3. The summed E-state index contributed by atoms with van der Waals surface area (Å²) in [6.45, 7) is 1.92. The van der Waals surface area contributed by atoms with Crippen molar-refractivity contribution < 1.29 is 9.90 Å². The van der Waals surface area contributed by atoms with Crippen LogP contribution in [0.3, 0.4) is 0 Å². The molecule has 0 radical (unpaired) electrons. The first-order chi connectivity index (χ1) is 10.0. The summed E-state index contributed by atoms with van der Waals surface area (Å²) >= 11 is 2.13. The zero-order chi connectivity index (χ0) is 15.0. The molecule has 3 rings (SSSR count). The Bertz CT molecular complexity index is 822. The largest absolute Gasteiger partial charge is 0.480 e. The smallest absolute Gasteiger partial charge is 0.325 e. The molecule has 0 aliphatic rings. The molecule has 0 amide bonds. The number of carbonyl (C=O) groups is 1. The predicted octanol–water partition coefficient (Wildman–Crippen LogP) is 3.70. The number of benzene rings is 2. The molecule has 0 atom stereocenters. The van der Waals surface area contributed by atoms with Gasteiger partial charge in [-0.15, -0.1) is 0 Å². The summed E-state index contributed by atoms with van der Waals surface area (Å²) in [5.74, 6) is -0.892. The molecule has 0 aliphatic heterocycles. The second-order valence-corrected chi connectivity index (χ2v) is 5.96. The average Bonchev–Trinajstić information content (AvgIpc) is 2.75. The second kappa shape index (κ2) is 5.48. The number of halogens is 1. The average molecular weight is 392 g/mol. The molecule has 106 valence electrons. The Morgan fingerprint density at radius 2 is 1.86 bits per heavy atom. The van der Waals surface area contributed by atoms with Gasteiger partial charge < -0.3 is 5.11 Å². The van der Waals surface area contributed by atoms with Crippen molar-refractivity contribution in [1.82, 2.24) is 9.78 Å². The number of nitrogens with zero attached hydrogens (tertiary/aromatic N) is 2. The van der Waals surface area contributed by atoms with E-state index in [1.54, 1.807) is 0 Å². The molecular weight excluding hydrogens is 379 g/mol. The maximum absolute atomic E-state index is 11.0. The van der Waals surface area contributed by atoms with Gasteiger partial charge in [0.1, 0.15) is 10.2 Å². The van der Waals surface area contributed by atoms with Gasteiger partial charge in [0.05, 0.1) is 5.52 Å². The summed E-state index contributed by atoms with van der Waals surface area (Å²) in [6.07, 6.45) is 0. The zero-order valence-electron chi connectivity index (χ0n) is 11.4. The van der Waals surface area contributed by atoms with Gasteiger partial charge in [0.2, 0.25) is 0 Å². The van der Waals surface area contributed by atoms with Crippen LogP contribution in [0.25, 0.3) is 22.0 Å². The molecule has 21 heavy (non-hydrogen) atoms. The fraction of sp³-hybridized carbons (Fsp3) is 0.125. The van der Waals surface area contributed by atoms with Crippen LogP contribution >= 0.6 is 22.6 Å². The lowest BCUT2D eigenvalue weighted by Gasteiger charge is -2.04. The Hall–Kier alpha value is -1.89. The van der Waals surface area contributed by atoms with E-state index in [-0.39, 0.29) is 6.54 Å². The molecule has 3 aromatic rings. The van der Waals surface area contributed by atoms with Crippen molar-refractivity contribution in [2.45, 2.75) is 13.5 Å². The lowest BCUT2D eigenvalue weighted by molar-refractivity contribution is -0.137. The number of hydrogen-bond acceptors (Lipinski definition) is 2. The van der Waals surface area contributed by atoms with Gasteiger partial charge in [-0.25, -0.2) is 0 Å². The fourth-order valence-electron chi connectivity index (χ4n) is 2.31. The van der Waals surface area contributed by atoms with Crippen molar-refractivity contribution in [3.63, 3.8) is 0 Å². The van der Waals surface area contributed by atoms with E-state index < -0.39 is 5.97 Å². The Kier molecular flexibility index (Phi) is 3.67. The van der Waals surface area contributed by atoms with Crippen LogP contribution in [-0.4, -0.2) is 20.9 Å². The lowest BCUT2D eigenvalue weighted by atomic mass is 10.0. The predicted molar refractivity (Wildman–Crippen MR) is 90.3 cm³/mol. The van der Waals surface area contributed by atoms with E-state index in [2.05, 4.69) is 58.9 Å². The van der Waals surface area contributed by atoms with E-state index in [4.69, 9.17) is 5.11 Å². The number of rotatable bonds is 3. The molecule has 5 heteroatoms. The highest BCUT2D eigenvalue weighted by Gasteiger charge is 2.12. The highest BCUT2D eigenvalue weighted by Crippen LogP contribution is 2.27. The van der Waals surface area contributed by atoms with Gasteiger partial charge in [0.15, 0.2) is 0 Å². The van der Waals surface area contributed by atoms with E-state index in [1.165, 1.54) is 10.2 Å². The molecule has 0 saturated heterocycles. The SMILES string of the molecule is Cc1ccc(-c2ccc3c(I)nn(CC(=O)O)c3c2)cc1. The monoisotopic (exact) mass is 392 g/mol. The Labute approximate surface area is 135 Å². The first-order valence-corrected chi connectivity index (χ1v) is 7.57. The number of hydrogen-bond donors (Lipinski definition) is 1. The molecule has 1 heterocycles. The van der Waals surface area contributed by atoms with Gasteiger partial charge in [-0.05, 0) is 52.8 Å². The minimum absolute atomic E-state index is 0.128. The summed E-state index contributed by atoms with van der Waals surface area (Å²) in [6, 6.07) is 14.3. The van der Waals surface area contributed by atoms with Crippen molar-refractivity contribution in [3.8, 4) is 11.1 Å². The van der Waals surface area contributed by atoms with Crippen molar-refractivity contribution in [2.24, 2.45) is 0 Å². The Morgan fingerprint density at radius 1 is 1.19 bits per heavy atom. The molecule has 0 fully saturated rings. The van der Waals surface area contributed by atoms with E-state index in [9.17, 15) is 4.79 Å². The molecule has 1 N–H and O–H groups in total. The molecule has 1 aromatic heterocycles. The van der Waals surface area contributed by atoms with E-state index in [0.29, 0.717) is 0 Å². The zero-order valence-corrected chi connectivity index (χ0v) is 13.5. The van der Waals surface area contributed by atoms with Crippen molar-refractivity contribution >= 4 is 39.5 Å². The standard InChI is InChI=1S/C16H13IN2O2/c1-10-2-4-11(5-3-10)12-6-7-13-14(8-12)19(9-15(20)21)18-16(13)17/h2-8H,9H2,1H3,(H,20,21). The van der Waals surface area contributed by atoms with Gasteiger partial charge in [-0.3, -0.25) is 9.48 Å². The number of aromatic nitrogens is 2. The third kappa shape index (κ3) is 2.78. The minimum atomic E-state index is -0.892. The molecule has 0 aliphatic carbocycles. The van der Waals surface area contributed by atoms with Crippen molar-refractivity contribution in [3.05, 3.63) is 51.7 Å². The summed E-state index contributed by atoms with van der Waals surface area (Å²) < 4.78 is 2.36. The number of carboxylic acids is 1. The van der Waals surface area contributed by atoms with E-state index in [1.807, 2.05) is 18.2 Å². The fourth-order valence-corrected chi connectivity index (χ4v) is 3.02. The maximum atomic E-state index is 11.0.